The van der Waals surface area contributed by atoms with Gasteiger partial charge in [0.25, 0.3) is 0 Å². The Hall–Kier alpha value is -2.08. The van der Waals surface area contributed by atoms with Gasteiger partial charge in [-0.05, 0) is 19.1 Å². The molecule has 1 atom stereocenters. The van der Waals surface area contributed by atoms with Crippen LogP contribution >= 0.6 is 0 Å². The second kappa shape index (κ2) is 5.50. The van der Waals surface area contributed by atoms with Gasteiger partial charge in [-0.2, -0.15) is 5.10 Å². The van der Waals surface area contributed by atoms with Gasteiger partial charge in [0, 0.05) is 19.0 Å². The number of aromatic nitrogens is 3. The number of phenolic OH excluding ortho intramolecular Hbond substituents is 2. The number of aromatic amines is 1. The second-order valence-electron chi connectivity index (χ2n) is 4.07. The van der Waals surface area contributed by atoms with Crippen molar-refractivity contribution >= 4 is 0 Å². The molecule has 18 heavy (non-hydrogen) atoms. The largest absolute Gasteiger partial charge is 0.507 e. The third-order valence-corrected chi connectivity index (χ3v) is 2.77. The average molecular weight is 248 g/mol. The van der Waals surface area contributed by atoms with Crippen molar-refractivity contribution in [2.75, 3.05) is 6.54 Å². The van der Waals surface area contributed by atoms with Crippen LogP contribution in [0.2, 0.25) is 0 Å². The molecule has 4 N–H and O–H groups in total. The lowest BCUT2D eigenvalue weighted by Crippen LogP contribution is -2.21. The standard InChI is InChI=1S/C12H16N4O2/c1-8(12-9(17)3-2-4-10(12)18)13-6-5-11-14-7-15-16-11/h2-4,7-8,13,17-18H,5-6H2,1H3,(H,14,15,16). The Morgan fingerprint density at radius 1 is 1.33 bits per heavy atom. The van der Waals surface area contributed by atoms with E-state index < -0.39 is 0 Å². The monoisotopic (exact) mass is 248 g/mol. The summed E-state index contributed by atoms with van der Waals surface area (Å²) in [5.74, 6) is 0.987. The molecule has 1 aromatic carbocycles. The Labute approximate surface area is 105 Å². The Morgan fingerprint density at radius 3 is 2.67 bits per heavy atom. The third kappa shape index (κ3) is 2.78. The lowest BCUT2D eigenvalue weighted by atomic mass is 10.1. The Balaban J connectivity index is 1.93. The maximum atomic E-state index is 9.72. The molecular formula is C12H16N4O2. The molecule has 0 saturated carbocycles. The van der Waals surface area contributed by atoms with E-state index in [4.69, 9.17) is 0 Å². The molecule has 1 heterocycles. The van der Waals surface area contributed by atoms with Crippen LogP contribution in [-0.2, 0) is 6.42 Å². The van der Waals surface area contributed by atoms with Crippen molar-refractivity contribution in [2.45, 2.75) is 19.4 Å². The molecule has 6 nitrogen and oxygen atoms in total. The van der Waals surface area contributed by atoms with Crippen LogP contribution in [-0.4, -0.2) is 31.9 Å². The van der Waals surface area contributed by atoms with E-state index in [1.165, 1.54) is 6.33 Å². The molecule has 0 aliphatic carbocycles. The zero-order valence-electron chi connectivity index (χ0n) is 10.1. The van der Waals surface area contributed by atoms with Gasteiger partial charge in [-0.15, -0.1) is 0 Å². The number of rotatable bonds is 5. The molecule has 0 aliphatic rings. The summed E-state index contributed by atoms with van der Waals surface area (Å²) in [6, 6.07) is 4.58. The molecule has 0 bridgehead atoms. The highest BCUT2D eigenvalue weighted by molar-refractivity contribution is 5.44. The van der Waals surface area contributed by atoms with Crippen LogP contribution in [0.4, 0.5) is 0 Å². The predicted molar refractivity (Wildman–Crippen MR) is 66.3 cm³/mol. The first kappa shape index (κ1) is 12.4. The lowest BCUT2D eigenvalue weighted by Gasteiger charge is -2.16. The van der Waals surface area contributed by atoms with E-state index in [2.05, 4.69) is 20.5 Å². The summed E-state index contributed by atoms with van der Waals surface area (Å²) in [7, 11) is 0. The van der Waals surface area contributed by atoms with Crippen LogP contribution in [0.3, 0.4) is 0 Å². The van der Waals surface area contributed by atoms with Crippen LogP contribution in [0.1, 0.15) is 24.4 Å². The van der Waals surface area contributed by atoms with Crippen molar-refractivity contribution in [2.24, 2.45) is 0 Å². The molecule has 1 unspecified atom stereocenters. The van der Waals surface area contributed by atoms with E-state index in [0.717, 1.165) is 5.82 Å². The highest BCUT2D eigenvalue weighted by Crippen LogP contribution is 2.31. The van der Waals surface area contributed by atoms with E-state index in [-0.39, 0.29) is 17.5 Å². The molecule has 0 radical (unpaired) electrons. The van der Waals surface area contributed by atoms with Gasteiger partial charge in [0.15, 0.2) is 0 Å². The molecule has 1 aromatic heterocycles. The number of nitrogens with one attached hydrogen (secondary N) is 2. The van der Waals surface area contributed by atoms with E-state index in [1.807, 2.05) is 6.92 Å². The number of hydrogen-bond acceptors (Lipinski definition) is 5. The Morgan fingerprint density at radius 2 is 2.06 bits per heavy atom. The molecule has 0 spiro atoms. The van der Waals surface area contributed by atoms with Gasteiger partial charge >= 0.3 is 0 Å². The van der Waals surface area contributed by atoms with Gasteiger partial charge in [-0.3, -0.25) is 5.10 Å². The molecule has 6 heteroatoms. The maximum Gasteiger partial charge on any atom is 0.137 e. The minimum Gasteiger partial charge on any atom is -0.507 e. The molecule has 0 amide bonds. The van der Waals surface area contributed by atoms with Crippen molar-refractivity contribution < 1.29 is 10.2 Å². The van der Waals surface area contributed by atoms with Crippen molar-refractivity contribution in [1.82, 2.24) is 20.5 Å². The van der Waals surface area contributed by atoms with Gasteiger partial charge in [-0.1, -0.05) is 6.07 Å². The molecule has 0 aliphatic heterocycles. The Kier molecular flexibility index (Phi) is 3.78. The minimum absolute atomic E-state index is 0.0923. The summed E-state index contributed by atoms with van der Waals surface area (Å²) in [4.78, 5) is 4.02. The van der Waals surface area contributed by atoms with Crippen molar-refractivity contribution in [3.63, 3.8) is 0 Å². The van der Waals surface area contributed by atoms with E-state index in [1.54, 1.807) is 18.2 Å². The summed E-state index contributed by atoms with van der Waals surface area (Å²) in [5.41, 5.74) is 0.509. The van der Waals surface area contributed by atoms with Crippen LogP contribution < -0.4 is 5.32 Å². The van der Waals surface area contributed by atoms with E-state index in [9.17, 15) is 10.2 Å². The summed E-state index contributed by atoms with van der Waals surface area (Å²) in [5, 5.41) is 29.2. The van der Waals surface area contributed by atoms with Crippen molar-refractivity contribution in [3.8, 4) is 11.5 Å². The van der Waals surface area contributed by atoms with Crippen molar-refractivity contribution in [3.05, 3.63) is 35.9 Å². The molecule has 0 saturated heterocycles. The first-order chi connectivity index (χ1) is 8.68. The number of hydrogen-bond donors (Lipinski definition) is 4. The fraction of sp³-hybridized carbons (Fsp3) is 0.333. The zero-order valence-corrected chi connectivity index (χ0v) is 10.1. The number of aromatic hydroxyl groups is 2. The van der Waals surface area contributed by atoms with Crippen LogP contribution in [0, 0.1) is 0 Å². The second-order valence-corrected chi connectivity index (χ2v) is 4.07. The van der Waals surface area contributed by atoms with Gasteiger partial charge in [-0.25, -0.2) is 4.98 Å². The number of nitrogens with zero attached hydrogens (tertiary/aromatic N) is 2. The van der Waals surface area contributed by atoms with Gasteiger partial charge in [0.05, 0.1) is 5.56 Å². The van der Waals surface area contributed by atoms with Crippen LogP contribution in [0.25, 0.3) is 0 Å². The number of benzene rings is 1. The average Bonchev–Trinajstić information content (AvgIpc) is 2.82. The summed E-state index contributed by atoms with van der Waals surface area (Å²) in [6.45, 7) is 2.55. The zero-order chi connectivity index (χ0) is 13.0. The first-order valence-corrected chi connectivity index (χ1v) is 5.77. The molecule has 2 rings (SSSR count). The van der Waals surface area contributed by atoms with E-state index >= 15 is 0 Å². The summed E-state index contributed by atoms with van der Waals surface area (Å²) >= 11 is 0. The van der Waals surface area contributed by atoms with Gasteiger partial charge < -0.3 is 15.5 Å². The van der Waals surface area contributed by atoms with Crippen LogP contribution in [0.15, 0.2) is 24.5 Å². The topological polar surface area (TPSA) is 94.1 Å². The predicted octanol–water partition coefficient (Wildman–Crippen LogP) is 1.11. The maximum absolute atomic E-state index is 9.72. The summed E-state index contributed by atoms with van der Waals surface area (Å²) < 4.78 is 0. The number of H-pyrrole nitrogens is 1. The fourth-order valence-corrected chi connectivity index (χ4v) is 1.85. The SMILES string of the molecule is CC(NCCc1ncn[nH]1)c1c(O)cccc1O. The molecular weight excluding hydrogens is 232 g/mol. The van der Waals surface area contributed by atoms with Gasteiger partial charge in [0.1, 0.15) is 23.7 Å². The fourth-order valence-electron chi connectivity index (χ4n) is 1.85. The third-order valence-electron chi connectivity index (χ3n) is 2.77. The minimum atomic E-state index is -0.144. The Bertz CT molecular complexity index is 479. The molecule has 96 valence electrons. The highest BCUT2D eigenvalue weighted by Gasteiger charge is 2.14. The normalized spacial score (nSPS) is 12.5. The first-order valence-electron chi connectivity index (χ1n) is 5.77. The van der Waals surface area contributed by atoms with Crippen LogP contribution in [0.5, 0.6) is 11.5 Å². The quantitative estimate of drug-likeness (QED) is 0.636. The number of phenols is 2. The highest BCUT2D eigenvalue weighted by atomic mass is 16.3. The summed E-state index contributed by atoms with van der Waals surface area (Å²) in [6.07, 6.45) is 2.17. The molecule has 0 fully saturated rings. The van der Waals surface area contributed by atoms with E-state index in [0.29, 0.717) is 18.5 Å². The smallest absolute Gasteiger partial charge is 0.137 e. The lowest BCUT2D eigenvalue weighted by molar-refractivity contribution is 0.419. The van der Waals surface area contributed by atoms with Crippen molar-refractivity contribution in [1.29, 1.82) is 0 Å². The molecule has 2 aromatic rings. The van der Waals surface area contributed by atoms with Gasteiger partial charge in [0.2, 0.25) is 0 Å².